The molecule has 3 atom stereocenters. The molecule has 0 aliphatic carbocycles. The molecular formula is C36H37N11O8S2. The third-order valence-electron chi connectivity index (χ3n) is 8.59. The maximum Gasteiger partial charge on any atom is 0.274 e. The number of carbonyl (C=O) groups is 6. The fourth-order valence-electron chi connectivity index (χ4n) is 5.54. The molecule has 0 radical (unpaired) electrons. The summed E-state index contributed by atoms with van der Waals surface area (Å²) in [4.78, 5) is 101. The Hall–Kier alpha value is -6.61. The Balaban J connectivity index is 1.40. The molecule has 0 aromatic carbocycles. The Labute approximate surface area is 332 Å². The SMILES string of the molecule is C=C(NC(=O)c1ccc2c(n1)-c1nc(oc1C)[C@H](C)NC(=O)c1csc(n1)[C@H](C)NC(=O)c1nc(oc1C)CNC(=O)[C@H](C(C)C)NC(=O)c1csc-2n1)C(N)=O. The molecule has 0 fully saturated rings. The minimum absolute atomic E-state index is 0.00674. The van der Waals surface area contributed by atoms with E-state index in [9.17, 15) is 28.8 Å². The predicted molar refractivity (Wildman–Crippen MR) is 204 cm³/mol. The summed E-state index contributed by atoms with van der Waals surface area (Å²) in [5.41, 5.74) is 5.54. The smallest absolute Gasteiger partial charge is 0.274 e. The molecule has 0 saturated heterocycles. The Bertz CT molecular complexity index is 2450. The van der Waals surface area contributed by atoms with Gasteiger partial charge in [-0.15, -0.1) is 22.7 Å². The first-order chi connectivity index (χ1) is 27.0. The minimum Gasteiger partial charge on any atom is -0.443 e. The first kappa shape index (κ1) is 40.1. The zero-order valence-corrected chi connectivity index (χ0v) is 33.1. The van der Waals surface area contributed by atoms with E-state index >= 15 is 0 Å². The van der Waals surface area contributed by atoms with Crippen molar-refractivity contribution in [1.82, 2.24) is 51.5 Å². The third-order valence-corrected chi connectivity index (χ3v) is 10.5. The van der Waals surface area contributed by atoms with Crippen molar-refractivity contribution >= 4 is 58.1 Å². The van der Waals surface area contributed by atoms with Gasteiger partial charge >= 0.3 is 0 Å². The summed E-state index contributed by atoms with van der Waals surface area (Å²) in [5, 5.41) is 17.2. The maximum absolute atomic E-state index is 13.5. The van der Waals surface area contributed by atoms with Gasteiger partial charge < -0.3 is 41.2 Å². The van der Waals surface area contributed by atoms with E-state index in [1.807, 2.05) is 0 Å². The highest BCUT2D eigenvalue weighted by atomic mass is 32.1. The Morgan fingerprint density at radius 3 is 2.23 bits per heavy atom. The molecular weight excluding hydrogens is 779 g/mol. The van der Waals surface area contributed by atoms with Gasteiger partial charge in [-0.3, -0.25) is 28.8 Å². The highest BCUT2D eigenvalue weighted by molar-refractivity contribution is 7.13. The van der Waals surface area contributed by atoms with Crippen molar-refractivity contribution in [3.05, 3.63) is 86.3 Å². The molecule has 0 saturated carbocycles. The number of hydrogen-bond acceptors (Lipinski definition) is 15. The van der Waals surface area contributed by atoms with Gasteiger partial charge in [-0.1, -0.05) is 20.4 Å². The molecule has 6 heterocycles. The monoisotopic (exact) mass is 815 g/mol. The number of aryl methyl sites for hydroxylation is 2. The number of thiazole rings is 2. The number of oxazole rings is 2. The fraction of sp³-hybridized carbons (Fsp3) is 0.306. The number of nitrogens with zero attached hydrogens (tertiary/aromatic N) is 5. The topological polar surface area (TPSA) is 279 Å². The summed E-state index contributed by atoms with van der Waals surface area (Å²) in [6, 6.07) is 0.529. The van der Waals surface area contributed by atoms with Crippen LogP contribution in [0.3, 0.4) is 0 Å². The first-order valence-corrected chi connectivity index (χ1v) is 19.1. The molecule has 5 aromatic heterocycles. The lowest BCUT2D eigenvalue weighted by Crippen LogP contribution is -2.49. The van der Waals surface area contributed by atoms with Crippen LogP contribution in [0, 0.1) is 19.8 Å². The number of amides is 6. The molecule has 21 heteroatoms. The predicted octanol–water partition coefficient (Wildman–Crippen LogP) is 3.02. The largest absolute Gasteiger partial charge is 0.443 e. The summed E-state index contributed by atoms with van der Waals surface area (Å²) >= 11 is 2.26. The van der Waals surface area contributed by atoms with Crippen molar-refractivity contribution in [2.45, 2.75) is 66.2 Å². The zero-order valence-electron chi connectivity index (χ0n) is 31.4. The molecule has 6 rings (SSSR count). The summed E-state index contributed by atoms with van der Waals surface area (Å²) in [6.45, 7) is 13.3. The number of hydrogen-bond donors (Lipinski definition) is 6. The molecule has 19 nitrogen and oxygen atoms in total. The van der Waals surface area contributed by atoms with Crippen molar-refractivity contribution in [3.63, 3.8) is 0 Å². The van der Waals surface area contributed by atoms with Gasteiger partial charge in [0, 0.05) is 16.3 Å². The Kier molecular flexibility index (Phi) is 11.4. The van der Waals surface area contributed by atoms with Crippen molar-refractivity contribution in [2.75, 3.05) is 0 Å². The van der Waals surface area contributed by atoms with E-state index < -0.39 is 53.6 Å². The van der Waals surface area contributed by atoms with Crippen molar-refractivity contribution in [3.8, 4) is 22.0 Å². The van der Waals surface area contributed by atoms with Crippen molar-refractivity contribution in [1.29, 1.82) is 0 Å². The molecule has 8 bridgehead atoms. The zero-order chi connectivity index (χ0) is 41.3. The van der Waals surface area contributed by atoms with Crippen LogP contribution in [0.5, 0.6) is 0 Å². The van der Waals surface area contributed by atoms with Crippen LogP contribution < -0.4 is 32.3 Å². The van der Waals surface area contributed by atoms with Crippen molar-refractivity contribution in [2.24, 2.45) is 11.7 Å². The second kappa shape index (κ2) is 16.2. The number of nitrogens with two attached hydrogens (primary N) is 1. The third kappa shape index (κ3) is 8.63. The van der Waals surface area contributed by atoms with Crippen LogP contribution in [0.2, 0.25) is 0 Å². The fourth-order valence-corrected chi connectivity index (χ4v) is 7.17. The maximum atomic E-state index is 13.5. The molecule has 6 amide bonds. The average molecular weight is 816 g/mol. The van der Waals surface area contributed by atoms with Gasteiger partial charge in [0.1, 0.15) is 62.1 Å². The molecule has 0 unspecified atom stereocenters. The Morgan fingerprint density at radius 1 is 0.842 bits per heavy atom. The number of pyridine rings is 1. The number of nitrogens with one attached hydrogen (secondary N) is 5. The van der Waals surface area contributed by atoms with E-state index in [0.29, 0.717) is 15.6 Å². The Morgan fingerprint density at radius 2 is 1.51 bits per heavy atom. The van der Waals surface area contributed by atoms with Crippen LogP contribution in [-0.4, -0.2) is 66.4 Å². The number of fused-ring (bicyclic) bond motifs is 11. The number of primary amides is 1. The average Bonchev–Trinajstić information content (AvgIpc) is 3.98. The second-order valence-electron chi connectivity index (χ2n) is 13.3. The van der Waals surface area contributed by atoms with Crippen LogP contribution in [-0.2, 0) is 16.1 Å². The van der Waals surface area contributed by atoms with Crippen LogP contribution in [0.4, 0.5) is 0 Å². The summed E-state index contributed by atoms with van der Waals surface area (Å²) in [5.74, 6) is -3.68. The van der Waals surface area contributed by atoms with E-state index in [0.717, 1.165) is 11.3 Å². The number of rotatable bonds is 4. The number of carbonyl (C=O) groups excluding carboxylic acids is 6. The standard InChI is InChI=1S/C36H37N11O8S2/c1-13(2)24-32(52)38-10-23-45-26(18(7)54-23)33(53)41-16(5)35-43-21(11-56-35)30(50)40-15(4)34-47-25(17(6)55-34)27-19(36-44-22(12-57-36)31(51)46-24)8-9-20(42-27)29(49)39-14(3)28(37)48/h8-9,11-13,15-16,24H,3,10H2,1-2,4-7H3,(H2,37,48)(H,38,52)(H,39,49)(H,40,50)(H,41,53)(H,46,51)/t15-,16-,24-/m0/s1. The summed E-state index contributed by atoms with van der Waals surface area (Å²) < 4.78 is 11.7. The lowest BCUT2D eigenvalue weighted by molar-refractivity contribution is -0.124. The van der Waals surface area contributed by atoms with Gasteiger partial charge in [0.2, 0.25) is 17.7 Å². The van der Waals surface area contributed by atoms with Gasteiger partial charge in [0.05, 0.1) is 18.3 Å². The molecule has 296 valence electrons. The van der Waals surface area contributed by atoms with E-state index in [4.69, 9.17) is 14.6 Å². The minimum atomic E-state index is -0.993. The van der Waals surface area contributed by atoms with Crippen LogP contribution >= 0.6 is 22.7 Å². The van der Waals surface area contributed by atoms with E-state index in [1.54, 1.807) is 53.0 Å². The first-order valence-electron chi connectivity index (χ1n) is 17.4. The van der Waals surface area contributed by atoms with Crippen molar-refractivity contribution < 1.29 is 37.6 Å². The lowest BCUT2D eigenvalue weighted by Gasteiger charge is -2.20. The van der Waals surface area contributed by atoms with E-state index in [-0.39, 0.29) is 75.6 Å². The molecule has 0 spiro atoms. The second-order valence-corrected chi connectivity index (χ2v) is 15.0. The van der Waals surface area contributed by atoms with Crippen LogP contribution in [0.25, 0.3) is 22.0 Å². The molecule has 7 N–H and O–H groups in total. The normalized spacial score (nSPS) is 17.8. The number of aromatic nitrogens is 5. The summed E-state index contributed by atoms with van der Waals surface area (Å²) in [6.07, 6.45) is 0. The van der Waals surface area contributed by atoms with E-state index in [2.05, 4.69) is 58.1 Å². The summed E-state index contributed by atoms with van der Waals surface area (Å²) in [7, 11) is 0. The molecule has 1 aliphatic heterocycles. The molecule has 1 aliphatic rings. The highest BCUT2D eigenvalue weighted by Crippen LogP contribution is 2.35. The van der Waals surface area contributed by atoms with Crippen LogP contribution in [0.15, 0.2) is 44.0 Å². The van der Waals surface area contributed by atoms with Gasteiger partial charge in [0.25, 0.3) is 29.5 Å². The van der Waals surface area contributed by atoms with Gasteiger partial charge in [0.15, 0.2) is 5.69 Å². The highest BCUT2D eigenvalue weighted by Gasteiger charge is 2.29. The quantitative estimate of drug-likeness (QED) is 0.143. The lowest BCUT2D eigenvalue weighted by atomic mass is 10.0. The van der Waals surface area contributed by atoms with Gasteiger partial charge in [-0.25, -0.2) is 24.9 Å². The van der Waals surface area contributed by atoms with Gasteiger partial charge in [-0.05, 0) is 45.7 Å². The van der Waals surface area contributed by atoms with E-state index in [1.165, 1.54) is 22.8 Å². The molecule has 57 heavy (non-hydrogen) atoms. The van der Waals surface area contributed by atoms with Crippen LogP contribution in [0.1, 0.15) is 110 Å². The molecule has 5 aromatic rings. The van der Waals surface area contributed by atoms with Gasteiger partial charge in [-0.2, -0.15) is 0 Å².